The lowest BCUT2D eigenvalue weighted by Gasteiger charge is -2.16. The van der Waals surface area contributed by atoms with Gasteiger partial charge in [-0.05, 0) is 25.0 Å². The molecule has 0 spiro atoms. The molecule has 0 aliphatic carbocycles. The van der Waals surface area contributed by atoms with Crippen molar-refractivity contribution in [3.8, 4) is 17.2 Å². The minimum absolute atomic E-state index is 0.0768. The molecule has 1 aromatic rings. The van der Waals surface area contributed by atoms with E-state index >= 15 is 0 Å². The average Bonchev–Trinajstić information content (AvgIpc) is 2.52. The number of carbonyl (C=O) groups is 2. The molecule has 1 rings (SSSR count). The molecule has 5 nitrogen and oxygen atoms in total. The van der Waals surface area contributed by atoms with E-state index in [0.717, 1.165) is 24.1 Å². The van der Waals surface area contributed by atoms with Gasteiger partial charge >= 0.3 is 11.9 Å². The maximum Gasteiger partial charge on any atom is 0.335 e. The monoisotopic (exact) mass is 304 g/mol. The summed E-state index contributed by atoms with van der Waals surface area (Å²) >= 11 is 0. The lowest BCUT2D eigenvalue weighted by atomic mass is 10.1. The van der Waals surface area contributed by atoms with Crippen molar-refractivity contribution in [3.63, 3.8) is 0 Å². The van der Waals surface area contributed by atoms with Gasteiger partial charge in [0.05, 0.1) is 6.61 Å². The van der Waals surface area contributed by atoms with Crippen LogP contribution in [0.4, 0.5) is 0 Å². The number of aryl methyl sites for hydroxylation is 1. The summed E-state index contributed by atoms with van der Waals surface area (Å²) < 4.78 is 15.9. The van der Waals surface area contributed by atoms with Gasteiger partial charge in [-0.25, -0.2) is 9.59 Å². The Morgan fingerprint density at radius 2 is 1.64 bits per heavy atom. The molecule has 0 aromatic heterocycles. The number of hydrogen-bond acceptors (Lipinski definition) is 5. The van der Waals surface area contributed by atoms with Gasteiger partial charge < -0.3 is 14.2 Å². The Hall–Kier alpha value is -2.56. The molecule has 1 aromatic carbocycles. The van der Waals surface area contributed by atoms with Crippen molar-refractivity contribution in [2.24, 2.45) is 0 Å². The van der Waals surface area contributed by atoms with E-state index in [2.05, 4.69) is 13.2 Å². The highest BCUT2D eigenvalue weighted by Crippen LogP contribution is 2.41. The molecule has 0 aliphatic rings. The average molecular weight is 304 g/mol. The zero-order chi connectivity index (χ0) is 16.5. The Bertz CT molecular complexity index is 524. The van der Waals surface area contributed by atoms with E-state index in [1.807, 2.05) is 6.92 Å². The van der Waals surface area contributed by atoms with Gasteiger partial charge in [-0.1, -0.05) is 32.6 Å². The summed E-state index contributed by atoms with van der Waals surface area (Å²) in [6.07, 6.45) is 3.57. The van der Waals surface area contributed by atoms with Crippen LogP contribution in [0.3, 0.4) is 0 Å². The second-order valence-corrected chi connectivity index (χ2v) is 4.31. The molecule has 0 aliphatic heterocycles. The first-order valence-electron chi connectivity index (χ1n) is 7.04. The van der Waals surface area contributed by atoms with Crippen LogP contribution in [0.2, 0.25) is 0 Å². The van der Waals surface area contributed by atoms with Gasteiger partial charge in [-0.15, -0.1) is 0 Å². The second kappa shape index (κ2) is 8.67. The van der Waals surface area contributed by atoms with Crippen LogP contribution in [0.25, 0.3) is 0 Å². The molecule has 0 heterocycles. The molecule has 0 N–H and O–H groups in total. The van der Waals surface area contributed by atoms with Crippen LogP contribution < -0.4 is 14.2 Å². The van der Waals surface area contributed by atoms with Crippen LogP contribution in [-0.2, 0) is 16.0 Å². The number of ether oxygens (including phenoxy) is 3. The van der Waals surface area contributed by atoms with Crippen molar-refractivity contribution in [1.29, 1.82) is 0 Å². The van der Waals surface area contributed by atoms with Crippen LogP contribution in [0.5, 0.6) is 17.2 Å². The molecule has 0 saturated heterocycles. The van der Waals surface area contributed by atoms with Gasteiger partial charge in [0.25, 0.3) is 0 Å². The molecule has 0 amide bonds. The summed E-state index contributed by atoms with van der Waals surface area (Å²) in [6.45, 7) is 10.9. The Labute approximate surface area is 130 Å². The summed E-state index contributed by atoms with van der Waals surface area (Å²) in [5, 5.41) is 0. The topological polar surface area (TPSA) is 61.8 Å². The van der Waals surface area contributed by atoms with Gasteiger partial charge in [0.15, 0.2) is 11.5 Å². The normalized spacial score (nSPS) is 9.73. The van der Waals surface area contributed by atoms with Crippen LogP contribution in [0.1, 0.15) is 25.8 Å². The van der Waals surface area contributed by atoms with E-state index in [4.69, 9.17) is 14.2 Å². The Morgan fingerprint density at radius 3 is 2.14 bits per heavy atom. The first-order valence-corrected chi connectivity index (χ1v) is 7.04. The van der Waals surface area contributed by atoms with E-state index in [1.165, 1.54) is 0 Å². The Morgan fingerprint density at radius 1 is 1.05 bits per heavy atom. The summed E-state index contributed by atoms with van der Waals surface area (Å²) in [7, 11) is 0. The van der Waals surface area contributed by atoms with Crippen molar-refractivity contribution in [2.45, 2.75) is 26.7 Å². The van der Waals surface area contributed by atoms with E-state index in [0.29, 0.717) is 18.8 Å². The van der Waals surface area contributed by atoms with Crippen LogP contribution in [0.15, 0.2) is 37.4 Å². The van der Waals surface area contributed by atoms with E-state index in [-0.39, 0.29) is 11.5 Å². The van der Waals surface area contributed by atoms with Crippen molar-refractivity contribution >= 4 is 11.9 Å². The molecule has 5 heteroatoms. The predicted molar refractivity (Wildman–Crippen MR) is 83.3 cm³/mol. The van der Waals surface area contributed by atoms with Crippen molar-refractivity contribution < 1.29 is 23.8 Å². The number of rotatable bonds is 8. The molecule has 0 atom stereocenters. The molecule has 0 radical (unpaired) electrons. The SMILES string of the molecule is C=CC(=O)Oc1c(CCC)ccc(OCC)c1OC(=O)C=C. The summed E-state index contributed by atoms with van der Waals surface area (Å²) in [4.78, 5) is 23.1. The fraction of sp³-hybridized carbons (Fsp3) is 0.294. The number of carbonyl (C=O) groups excluding carboxylic acids is 2. The highest BCUT2D eigenvalue weighted by atomic mass is 16.6. The first-order chi connectivity index (χ1) is 10.6. The summed E-state index contributed by atoms with van der Waals surface area (Å²) in [5.41, 5.74) is 0.744. The van der Waals surface area contributed by atoms with E-state index in [9.17, 15) is 9.59 Å². The highest BCUT2D eigenvalue weighted by molar-refractivity contribution is 5.87. The van der Waals surface area contributed by atoms with Gasteiger partial charge in [0.2, 0.25) is 5.75 Å². The molecular formula is C17H20O5. The number of benzene rings is 1. The molecule has 0 bridgehead atoms. The largest absolute Gasteiger partial charge is 0.490 e. The minimum atomic E-state index is -0.662. The van der Waals surface area contributed by atoms with E-state index in [1.54, 1.807) is 19.1 Å². The van der Waals surface area contributed by atoms with Crippen LogP contribution >= 0.6 is 0 Å². The maximum atomic E-state index is 11.6. The van der Waals surface area contributed by atoms with E-state index < -0.39 is 11.9 Å². The maximum absolute atomic E-state index is 11.6. The van der Waals surface area contributed by atoms with Gasteiger partial charge in [-0.2, -0.15) is 0 Å². The standard InChI is InChI=1S/C17H20O5/c1-5-9-12-10-11-13(20-8-4)17(22-15(19)7-3)16(12)21-14(18)6-2/h6-7,10-11H,2-3,5,8-9H2,1,4H3. The molecule has 0 unspecified atom stereocenters. The van der Waals surface area contributed by atoms with Gasteiger partial charge in [0, 0.05) is 12.2 Å². The molecule has 0 saturated carbocycles. The zero-order valence-corrected chi connectivity index (χ0v) is 12.9. The quantitative estimate of drug-likeness (QED) is 0.419. The predicted octanol–water partition coefficient (Wildman–Crippen LogP) is 3.22. The van der Waals surface area contributed by atoms with Crippen LogP contribution in [0, 0.1) is 0 Å². The second-order valence-electron chi connectivity index (χ2n) is 4.31. The molecular weight excluding hydrogens is 284 g/mol. The van der Waals surface area contributed by atoms with Gasteiger partial charge in [-0.3, -0.25) is 0 Å². The Kier molecular flexibility index (Phi) is 6.89. The lowest BCUT2D eigenvalue weighted by Crippen LogP contribution is -2.11. The smallest absolute Gasteiger partial charge is 0.335 e. The minimum Gasteiger partial charge on any atom is -0.490 e. The first kappa shape index (κ1) is 17.5. The summed E-state index contributed by atoms with van der Waals surface area (Å²) in [5.74, 6) is -0.724. The summed E-state index contributed by atoms with van der Waals surface area (Å²) in [6, 6.07) is 3.47. The molecule has 22 heavy (non-hydrogen) atoms. The fourth-order valence-electron chi connectivity index (χ4n) is 1.81. The third-order valence-electron chi connectivity index (χ3n) is 2.72. The third-order valence-corrected chi connectivity index (χ3v) is 2.72. The van der Waals surface area contributed by atoms with Crippen molar-refractivity contribution in [2.75, 3.05) is 6.61 Å². The number of hydrogen-bond donors (Lipinski definition) is 0. The molecule has 118 valence electrons. The highest BCUT2D eigenvalue weighted by Gasteiger charge is 2.21. The fourth-order valence-corrected chi connectivity index (χ4v) is 1.81. The number of esters is 2. The zero-order valence-electron chi connectivity index (χ0n) is 12.9. The van der Waals surface area contributed by atoms with Crippen molar-refractivity contribution in [3.05, 3.63) is 43.0 Å². The van der Waals surface area contributed by atoms with Gasteiger partial charge in [0.1, 0.15) is 0 Å². The van der Waals surface area contributed by atoms with Crippen molar-refractivity contribution in [1.82, 2.24) is 0 Å². The molecule has 0 fully saturated rings. The van der Waals surface area contributed by atoms with Crippen LogP contribution in [-0.4, -0.2) is 18.5 Å². The Balaban J connectivity index is 3.41. The lowest BCUT2D eigenvalue weighted by molar-refractivity contribution is -0.131. The third kappa shape index (κ3) is 4.48.